The third kappa shape index (κ3) is 3.98. The van der Waals surface area contributed by atoms with Crippen molar-refractivity contribution in [3.05, 3.63) is 17.2 Å². The Morgan fingerprint density at radius 2 is 2.10 bits per heavy atom. The number of nitrogens with zero attached hydrogens (tertiary/aromatic N) is 4. The van der Waals surface area contributed by atoms with Gasteiger partial charge >= 0.3 is 0 Å². The van der Waals surface area contributed by atoms with Gasteiger partial charge in [-0.05, 0) is 33.9 Å². The van der Waals surface area contributed by atoms with Gasteiger partial charge in [-0.3, -0.25) is 4.79 Å². The second-order valence-corrected chi connectivity index (χ2v) is 6.20. The highest BCUT2D eigenvalue weighted by Gasteiger charge is 2.23. The van der Waals surface area contributed by atoms with Crippen LogP contribution >= 0.6 is 11.6 Å². The Balaban J connectivity index is 1.83. The van der Waals surface area contributed by atoms with Crippen molar-refractivity contribution in [3.63, 3.8) is 0 Å². The molecule has 1 aromatic rings. The molecule has 0 unspecified atom stereocenters. The molecule has 0 saturated carbocycles. The molecule has 0 atom stereocenters. The number of carbonyl (C=O) groups excluding carboxylic acids is 1. The van der Waals surface area contributed by atoms with Crippen molar-refractivity contribution in [2.45, 2.75) is 45.2 Å². The van der Waals surface area contributed by atoms with E-state index in [2.05, 4.69) is 24.0 Å². The maximum Gasteiger partial charge on any atom is 0.223 e. The number of hydrogen-bond donors (Lipinski definition) is 0. The number of hydrogen-bond acceptors (Lipinski definition) is 3. The average Bonchev–Trinajstić information content (AvgIpc) is 2.85. The smallest absolute Gasteiger partial charge is 0.223 e. The number of halogens is 1. The van der Waals surface area contributed by atoms with Gasteiger partial charge in [0.1, 0.15) is 11.0 Å². The van der Waals surface area contributed by atoms with Crippen molar-refractivity contribution >= 4 is 17.5 Å². The minimum atomic E-state index is 0.231. The Bertz CT molecular complexity index is 478. The fourth-order valence-corrected chi connectivity index (χ4v) is 3.20. The first kappa shape index (κ1) is 16.3. The predicted octanol–water partition coefficient (Wildman–Crippen LogP) is 2.04. The second kappa shape index (κ2) is 7.27. The molecule has 1 aromatic heterocycles. The predicted molar refractivity (Wildman–Crippen MR) is 84.5 cm³/mol. The molecule has 6 heteroatoms. The number of carbonyl (C=O) groups is 1. The van der Waals surface area contributed by atoms with Gasteiger partial charge in [0.25, 0.3) is 0 Å². The summed E-state index contributed by atoms with van der Waals surface area (Å²) in [6.45, 7) is 4.55. The molecule has 0 bridgehead atoms. The topological polar surface area (TPSA) is 41.4 Å². The molecule has 5 nitrogen and oxygen atoms in total. The largest absolute Gasteiger partial charge is 0.343 e. The number of aryl methyl sites for hydroxylation is 1. The van der Waals surface area contributed by atoms with Crippen LogP contribution < -0.4 is 0 Å². The monoisotopic (exact) mass is 312 g/mol. The average molecular weight is 313 g/mol. The van der Waals surface area contributed by atoms with E-state index in [1.807, 2.05) is 16.4 Å². The molecule has 1 amide bonds. The maximum atomic E-state index is 12.3. The normalized spacial score (nSPS) is 16.7. The summed E-state index contributed by atoms with van der Waals surface area (Å²) in [6, 6.07) is 0.604. The number of piperidine rings is 1. The van der Waals surface area contributed by atoms with E-state index in [1.165, 1.54) is 0 Å². The highest BCUT2D eigenvalue weighted by Crippen LogP contribution is 2.17. The lowest BCUT2D eigenvalue weighted by Crippen LogP contribution is -2.44. The molecule has 0 aromatic carbocycles. The van der Waals surface area contributed by atoms with Crippen LogP contribution in [0.2, 0.25) is 5.15 Å². The summed E-state index contributed by atoms with van der Waals surface area (Å²) in [5.74, 6) is 1.13. The maximum absolute atomic E-state index is 12.3. The summed E-state index contributed by atoms with van der Waals surface area (Å²) >= 11 is 6.06. The molecular formula is C15H25ClN4O. The summed E-state index contributed by atoms with van der Waals surface area (Å²) in [5, 5.41) is 0.645. The van der Waals surface area contributed by atoms with Gasteiger partial charge in [0.2, 0.25) is 5.91 Å². The van der Waals surface area contributed by atoms with Crippen molar-refractivity contribution < 1.29 is 4.79 Å². The van der Waals surface area contributed by atoms with Crippen molar-refractivity contribution in [1.82, 2.24) is 19.4 Å². The van der Waals surface area contributed by atoms with E-state index in [0.717, 1.165) is 38.3 Å². The summed E-state index contributed by atoms with van der Waals surface area (Å²) in [6.07, 6.45) is 4.96. The van der Waals surface area contributed by atoms with Crippen LogP contribution in [0.25, 0.3) is 0 Å². The highest BCUT2D eigenvalue weighted by atomic mass is 35.5. The fraction of sp³-hybridized carbons (Fsp3) is 0.733. The summed E-state index contributed by atoms with van der Waals surface area (Å²) in [7, 11) is 4.22. The SMILES string of the molecule is CCn1c(Cl)cnc1CCC(=O)N1CCC(N(C)C)CC1. The van der Waals surface area contributed by atoms with Crippen LogP contribution in [0.15, 0.2) is 6.20 Å². The van der Waals surface area contributed by atoms with Gasteiger partial charge in [-0.2, -0.15) is 0 Å². The number of amides is 1. The molecule has 1 aliphatic heterocycles. The minimum Gasteiger partial charge on any atom is -0.343 e. The second-order valence-electron chi connectivity index (χ2n) is 5.82. The van der Waals surface area contributed by atoms with Gasteiger partial charge < -0.3 is 14.4 Å². The van der Waals surface area contributed by atoms with E-state index in [0.29, 0.717) is 24.0 Å². The van der Waals surface area contributed by atoms with Gasteiger partial charge in [-0.15, -0.1) is 0 Å². The van der Waals surface area contributed by atoms with Crippen LogP contribution in [0.3, 0.4) is 0 Å². The van der Waals surface area contributed by atoms with Gasteiger partial charge in [0.15, 0.2) is 0 Å². The molecule has 2 rings (SSSR count). The molecule has 0 spiro atoms. The Morgan fingerprint density at radius 3 is 2.67 bits per heavy atom. The first-order valence-electron chi connectivity index (χ1n) is 7.67. The Morgan fingerprint density at radius 1 is 1.43 bits per heavy atom. The van der Waals surface area contributed by atoms with E-state index in [1.54, 1.807) is 6.20 Å². The molecular weight excluding hydrogens is 288 g/mol. The van der Waals surface area contributed by atoms with E-state index in [-0.39, 0.29) is 5.91 Å². The third-order valence-electron chi connectivity index (χ3n) is 4.32. The lowest BCUT2D eigenvalue weighted by Gasteiger charge is -2.35. The zero-order chi connectivity index (χ0) is 15.4. The molecule has 1 aliphatic rings. The van der Waals surface area contributed by atoms with Gasteiger partial charge in [0, 0.05) is 38.5 Å². The molecule has 0 radical (unpaired) electrons. The molecule has 21 heavy (non-hydrogen) atoms. The van der Waals surface area contributed by atoms with Crippen LogP contribution in [0.5, 0.6) is 0 Å². The Kier molecular flexibility index (Phi) is 5.65. The van der Waals surface area contributed by atoms with Gasteiger partial charge in [0.05, 0.1) is 6.20 Å². The molecule has 2 heterocycles. The van der Waals surface area contributed by atoms with Crippen LogP contribution in [-0.4, -0.2) is 58.5 Å². The van der Waals surface area contributed by atoms with Crippen molar-refractivity contribution in [2.75, 3.05) is 27.2 Å². The number of rotatable bonds is 5. The lowest BCUT2D eigenvalue weighted by atomic mass is 10.0. The highest BCUT2D eigenvalue weighted by molar-refractivity contribution is 6.29. The van der Waals surface area contributed by atoms with Crippen LogP contribution in [-0.2, 0) is 17.8 Å². The van der Waals surface area contributed by atoms with E-state index >= 15 is 0 Å². The quantitative estimate of drug-likeness (QED) is 0.835. The Hall–Kier alpha value is -1.07. The first-order chi connectivity index (χ1) is 10.0. The van der Waals surface area contributed by atoms with Crippen molar-refractivity contribution in [2.24, 2.45) is 0 Å². The minimum absolute atomic E-state index is 0.231. The van der Waals surface area contributed by atoms with E-state index < -0.39 is 0 Å². The van der Waals surface area contributed by atoms with Crippen LogP contribution in [0, 0.1) is 0 Å². The molecule has 1 saturated heterocycles. The van der Waals surface area contributed by atoms with Gasteiger partial charge in [-0.25, -0.2) is 4.98 Å². The standard InChI is InChI=1S/C15H25ClN4O/c1-4-20-13(16)11-17-14(20)5-6-15(21)19-9-7-12(8-10-19)18(2)3/h11-12H,4-10H2,1-3H3. The number of aromatic nitrogens is 2. The molecule has 0 aliphatic carbocycles. The lowest BCUT2D eigenvalue weighted by molar-refractivity contribution is -0.132. The van der Waals surface area contributed by atoms with Crippen molar-refractivity contribution in [3.8, 4) is 0 Å². The zero-order valence-electron chi connectivity index (χ0n) is 13.2. The number of likely N-dealkylation sites (tertiary alicyclic amines) is 1. The summed E-state index contributed by atoms with van der Waals surface area (Å²) in [4.78, 5) is 20.8. The number of imidazole rings is 1. The Labute approximate surface area is 131 Å². The molecule has 0 N–H and O–H groups in total. The van der Waals surface area contributed by atoms with Crippen LogP contribution in [0.1, 0.15) is 32.0 Å². The zero-order valence-corrected chi connectivity index (χ0v) is 13.9. The third-order valence-corrected chi connectivity index (χ3v) is 4.62. The first-order valence-corrected chi connectivity index (χ1v) is 8.04. The van der Waals surface area contributed by atoms with E-state index in [9.17, 15) is 4.79 Å². The molecule has 118 valence electrons. The molecule has 1 fully saturated rings. The summed E-state index contributed by atoms with van der Waals surface area (Å²) < 4.78 is 1.95. The fourth-order valence-electron chi connectivity index (χ4n) is 2.93. The summed E-state index contributed by atoms with van der Waals surface area (Å²) in [5.41, 5.74) is 0. The van der Waals surface area contributed by atoms with Gasteiger partial charge in [-0.1, -0.05) is 11.6 Å². The van der Waals surface area contributed by atoms with Crippen LogP contribution in [0.4, 0.5) is 0 Å². The van der Waals surface area contributed by atoms with Crippen molar-refractivity contribution in [1.29, 1.82) is 0 Å². The van der Waals surface area contributed by atoms with E-state index in [4.69, 9.17) is 11.6 Å².